The maximum atomic E-state index is 13.6. The summed E-state index contributed by atoms with van der Waals surface area (Å²) in [5.41, 5.74) is -0.473. The number of alkyl halides is 3. The van der Waals surface area contributed by atoms with Crippen LogP contribution in [0.15, 0.2) is 59.8 Å². The Balaban J connectivity index is 1.49. The van der Waals surface area contributed by atoms with Crippen LogP contribution in [-0.4, -0.2) is 66.1 Å². The number of ether oxygens (including phenoxy) is 2. The molecule has 0 saturated carbocycles. The van der Waals surface area contributed by atoms with Gasteiger partial charge in [-0.15, -0.1) is 0 Å². The van der Waals surface area contributed by atoms with E-state index in [4.69, 9.17) is 9.47 Å². The smallest absolute Gasteiger partial charge is 0.379 e. The number of aromatic nitrogens is 4. The van der Waals surface area contributed by atoms with Gasteiger partial charge in [-0.2, -0.15) is 17.5 Å². The van der Waals surface area contributed by atoms with E-state index in [-0.39, 0.29) is 41.7 Å². The molecule has 5 rings (SSSR count). The van der Waals surface area contributed by atoms with E-state index in [0.29, 0.717) is 35.8 Å². The average Bonchev–Trinajstić information content (AvgIpc) is 2.93. The van der Waals surface area contributed by atoms with E-state index in [1.54, 1.807) is 6.07 Å². The number of morpholine rings is 1. The number of anilines is 2. The summed E-state index contributed by atoms with van der Waals surface area (Å²) in [5.74, 6) is 0.924. The molecule has 1 aliphatic rings. The van der Waals surface area contributed by atoms with Crippen LogP contribution in [0.2, 0.25) is 0 Å². The summed E-state index contributed by atoms with van der Waals surface area (Å²) in [6, 6.07) is 9.77. The summed E-state index contributed by atoms with van der Waals surface area (Å²) in [6.07, 6.45) is -2.03. The first-order valence-electron chi connectivity index (χ1n) is 11.8. The van der Waals surface area contributed by atoms with Gasteiger partial charge in [0.05, 0.1) is 30.0 Å². The van der Waals surface area contributed by atoms with Gasteiger partial charge in [-0.05, 0) is 36.4 Å². The fourth-order valence-electron chi connectivity index (χ4n) is 4.14. The number of benzene rings is 1. The molecule has 0 atom stereocenters. The number of hydrogen-bond donors (Lipinski definition) is 1. The zero-order chi connectivity index (χ0) is 27.6. The highest BCUT2D eigenvalue weighted by Gasteiger charge is 2.34. The van der Waals surface area contributed by atoms with Gasteiger partial charge in [0.2, 0.25) is 10.0 Å². The molecule has 0 aliphatic carbocycles. The maximum absolute atomic E-state index is 13.6. The first-order valence-corrected chi connectivity index (χ1v) is 13.2. The van der Waals surface area contributed by atoms with Crippen molar-refractivity contribution in [2.24, 2.45) is 0 Å². The van der Waals surface area contributed by atoms with Crippen LogP contribution in [0.25, 0.3) is 22.2 Å². The van der Waals surface area contributed by atoms with Gasteiger partial charge in [0.15, 0.2) is 5.82 Å². The van der Waals surface area contributed by atoms with Gasteiger partial charge in [-0.25, -0.2) is 23.4 Å². The van der Waals surface area contributed by atoms with Crippen LogP contribution in [-0.2, 0) is 32.3 Å². The van der Waals surface area contributed by atoms with E-state index < -0.39 is 21.8 Å². The molecule has 0 unspecified atom stereocenters. The Morgan fingerprint density at radius 3 is 2.56 bits per heavy atom. The maximum Gasteiger partial charge on any atom is 0.418 e. The minimum absolute atomic E-state index is 0.0445. The van der Waals surface area contributed by atoms with E-state index in [0.717, 1.165) is 6.07 Å². The quantitative estimate of drug-likeness (QED) is 0.357. The fourth-order valence-corrected chi connectivity index (χ4v) is 5.50. The summed E-state index contributed by atoms with van der Waals surface area (Å²) in [4.78, 5) is 17.2. The highest BCUT2D eigenvalue weighted by molar-refractivity contribution is 7.89. The number of sulfonamides is 1. The van der Waals surface area contributed by atoms with Crippen LogP contribution in [0.1, 0.15) is 11.4 Å². The predicted molar refractivity (Wildman–Crippen MR) is 136 cm³/mol. The van der Waals surface area contributed by atoms with Crippen molar-refractivity contribution in [3.8, 4) is 11.3 Å². The Bertz CT molecular complexity index is 1590. The van der Waals surface area contributed by atoms with E-state index in [2.05, 4.69) is 25.3 Å². The molecule has 14 heteroatoms. The van der Waals surface area contributed by atoms with E-state index in [1.807, 2.05) is 0 Å². The SMILES string of the molecule is COCc1nc(Nc2ccc(S(=O)(=O)N3CCOCC3)cn2)c2ccc(-c3ncccc3C(F)(F)F)cc2n1. The third-order valence-corrected chi connectivity index (χ3v) is 7.88. The number of pyridine rings is 2. The largest absolute Gasteiger partial charge is 0.418 e. The summed E-state index contributed by atoms with van der Waals surface area (Å²) < 4.78 is 78.2. The molecule has 0 bridgehead atoms. The Morgan fingerprint density at radius 1 is 1.08 bits per heavy atom. The zero-order valence-electron chi connectivity index (χ0n) is 20.6. The lowest BCUT2D eigenvalue weighted by molar-refractivity contribution is -0.137. The van der Waals surface area contributed by atoms with E-state index in [9.17, 15) is 21.6 Å². The second kappa shape index (κ2) is 10.8. The molecule has 1 aliphatic heterocycles. The minimum Gasteiger partial charge on any atom is -0.379 e. The lowest BCUT2D eigenvalue weighted by Gasteiger charge is -2.25. The van der Waals surface area contributed by atoms with Gasteiger partial charge in [0.25, 0.3) is 0 Å². The van der Waals surface area contributed by atoms with Gasteiger partial charge >= 0.3 is 6.18 Å². The number of nitrogens with zero attached hydrogens (tertiary/aromatic N) is 5. The van der Waals surface area contributed by atoms with Crippen molar-refractivity contribution in [1.29, 1.82) is 0 Å². The van der Waals surface area contributed by atoms with E-state index >= 15 is 0 Å². The van der Waals surface area contributed by atoms with Crippen LogP contribution >= 0.6 is 0 Å². The van der Waals surface area contributed by atoms with Crippen LogP contribution < -0.4 is 5.32 Å². The predicted octanol–water partition coefficient (Wildman–Crippen LogP) is 4.02. The van der Waals surface area contributed by atoms with Crippen molar-refractivity contribution in [2.75, 3.05) is 38.7 Å². The monoisotopic (exact) mass is 560 g/mol. The Hall–Kier alpha value is -3.72. The molecule has 4 heterocycles. The van der Waals surface area contributed by atoms with Crippen molar-refractivity contribution in [3.63, 3.8) is 0 Å². The average molecular weight is 561 g/mol. The number of hydrogen-bond acceptors (Lipinski definition) is 9. The molecule has 0 radical (unpaired) electrons. The van der Waals surface area contributed by atoms with Crippen LogP contribution in [0, 0.1) is 0 Å². The fraction of sp³-hybridized carbons (Fsp3) is 0.280. The highest BCUT2D eigenvalue weighted by Crippen LogP contribution is 2.37. The Morgan fingerprint density at radius 2 is 1.87 bits per heavy atom. The Kier molecular flexibility index (Phi) is 7.44. The second-order valence-corrected chi connectivity index (χ2v) is 10.5. The van der Waals surface area contributed by atoms with Crippen LogP contribution in [0.4, 0.5) is 24.8 Å². The normalized spacial score (nSPS) is 15.0. The zero-order valence-corrected chi connectivity index (χ0v) is 21.5. The van der Waals surface area contributed by atoms with Crippen molar-refractivity contribution in [3.05, 3.63) is 66.2 Å². The van der Waals surface area contributed by atoms with Gasteiger partial charge in [0.1, 0.15) is 23.1 Å². The van der Waals surface area contributed by atoms with Crippen molar-refractivity contribution in [2.45, 2.75) is 17.7 Å². The molecular weight excluding hydrogens is 537 g/mol. The van der Waals surface area contributed by atoms with E-state index in [1.165, 1.54) is 54.1 Å². The lowest BCUT2D eigenvalue weighted by atomic mass is 10.0. The molecule has 204 valence electrons. The molecule has 3 aromatic heterocycles. The first-order chi connectivity index (χ1) is 18.7. The molecule has 39 heavy (non-hydrogen) atoms. The molecule has 10 nitrogen and oxygen atoms in total. The lowest BCUT2D eigenvalue weighted by Crippen LogP contribution is -2.40. The Labute approximate surface area is 221 Å². The third kappa shape index (κ3) is 5.68. The highest BCUT2D eigenvalue weighted by atomic mass is 32.2. The molecule has 1 aromatic carbocycles. The molecule has 1 saturated heterocycles. The van der Waals surface area contributed by atoms with Crippen molar-refractivity contribution < 1.29 is 31.1 Å². The number of methoxy groups -OCH3 is 1. The standard InChI is InChI=1S/C25H23F3N6O4S/c1-37-15-22-31-20-13-16(23-19(25(26,27)28)3-2-8-29-23)4-6-18(20)24(33-22)32-21-7-5-17(14-30-21)39(35,36)34-9-11-38-12-10-34/h2-8,13-14H,9-12,15H2,1H3,(H,30,31,32,33). The molecule has 4 aromatic rings. The molecule has 1 fully saturated rings. The molecular formula is C25H23F3N6O4S. The summed E-state index contributed by atoms with van der Waals surface area (Å²) in [7, 11) is -2.24. The first kappa shape index (κ1) is 26.9. The van der Waals surface area contributed by atoms with Crippen molar-refractivity contribution >= 4 is 32.6 Å². The molecule has 0 amide bonds. The van der Waals surface area contributed by atoms with Gasteiger partial charge in [-0.1, -0.05) is 6.07 Å². The topological polar surface area (TPSA) is 119 Å². The van der Waals surface area contributed by atoms with Gasteiger partial charge in [0, 0.05) is 43.5 Å². The number of nitrogens with one attached hydrogen (secondary N) is 1. The number of halogens is 3. The minimum atomic E-state index is -4.58. The third-order valence-electron chi connectivity index (χ3n) is 5.99. The summed E-state index contributed by atoms with van der Waals surface area (Å²) >= 11 is 0. The van der Waals surface area contributed by atoms with Crippen LogP contribution in [0.3, 0.4) is 0 Å². The number of rotatable bonds is 7. The summed E-state index contributed by atoms with van der Waals surface area (Å²) in [6.45, 7) is 1.24. The molecule has 0 spiro atoms. The van der Waals surface area contributed by atoms with Crippen molar-refractivity contribution in [1.82, 2.24) is 24.2 Å². The van der Waals surface area contributed by atoms with Gasteiger partial charge in [-0.3, -0.25) is 4.98 Å². The van der Waals surface area contributed by atoms with Crippen LogP contribution in [0.5, 0.6) is 0 Å². The van der Waals surface area contributed by atoms with Gasteiger partial charge < -0.3 is 14.8 Å². The molecule has 1 N–H and O–H groups in total. The summed E-state index contributed by atoms with van der Waals surface area (Å²) in [5, 5.41) is 3.57. The second-order valence-electron chi connectivity index (χ2n) is 8.57. The number of fused-ring (bicyclic) bond motifs is 1.